The lowest BCUT2D eigenvalue weighted by Gasteiger charge is -2.07. The van der Waals surface area contributed by atoms with E-state index in [1.165, 1.54) is 24.3 Å². The van der Waals surface area contributed by atoms with Gasteiger partial charge in [-0.2, -0.15) is 0 Å². The Balaban J connectivity index is 2.03. The van der Waals surface area contributed by atoms with E-state index in [1.54, 1.807) is 25.1 Å². The van der Waals surface area contributed by atoms with Crippen molar-refractivity contribution in [2.45, 2.75) is 13.5 Å². The minimum absolute atomic E-state index is 0.0318. The molecule has 2 aromatic carbocycles. The number of carbonyl (C=O) groups excluding carboxylic acids is 1. The zero-order chi connectivity index (χ0) is 13.8. The summed E-state index contributed by atoms with van der Waals surface area (Å²) >= 11 is 0. The van der Waals surface area contributed by atoms with E-state index in [-0.39, 0.29) is 17.9 Å². The third kappa shape index (κ3) is 3.31. The summed E-state index contributed by atoms with van der Waals surface area (Å²) in [5.74, 6) is -0.812. The molecule has 2 rings (SSSR count). The number of aromatic hydroxyl groups is 1. The van der Waals surface area contributed by atoms with Crippen LogP contribution in [0.2, 0.25) is 0 Å². The Labute approximate surface area is 110 Å². The number of amides is 1. The molecule has 19 heavy (non-hydrogen) atoms. The van der Waals surface area contributed by atoms with Gasteiger partial charge in [0.2, 0.25) is 0 Å². The van der Waals surface area contributed by atoms with E-state index < -0.39 is 11.7 Å². The van der Waals surface area contributed by atoms with E-state index in [1.807, 2.05) is 0 Å². The van der Waals surface area contributed by atoms with Crippen molar-refractivity contribution in [3.05, 3.63) is 65.0 Å². The van der Waals surface area contributed by atoms with Gasteiger partial charge in [0.1, 0.15) is 11.6 Å². The monoisotopic (exact) mass is 259 g/mol. The van der Waals surface area contributed by atoms with E-state index in [0.29, 0.717) is 0 Å². The summed E-state index contributed by atoms with van der Waals surface area (Å²) in [5.41, 5.74) is 1.63. The van der Waals surface area contributed by atoms with Crippen LogP contribution in [0.3, 0.4) is 0 Å². The minimum atomic E-state index is -0.525. The van der Waals surface area contributed by atoms with Crippen molar-refractivity contribution < 1.29 is 14.3 Å². The topological polar surface area (TPSA) is 49.3 Å². The van der Waals surface area contributed by atoms with E-state index in [4.69, 9.17) is 5.11 Å². The molecular formula is C15H14FNO2. The van der Waals surface area contributed by atoms with Crippen LogP contribution in [0.5, 0.6) is 5.75 Å². The molecule has 0 aliphatic heterocycles. The first-order valence-corrected chi connectivity index (χ1v) is 5.88. The molecule has 2 N–H and O–H groups in total. The third-order valence-electron chi connectivity index (χ3n) is 2.76. The van der Waals surface area contributed by atoms with Gasteiger partial charge in [0.25, 0.3) is 5.91 Å². The van der Waals surface area contributed by atoms with Gasteiger partial charge in [-0.1, -0.05) is 18.2 Å². The SMILES string of the molecule is Cc1ccc(C(=O)NCc2ccc(O)cc2)c(F)c1. The van der Waals surface area contributed by atoms with Gasteiger partial charge < -0.3 is 10.4 Å². The molecule has 2 aromatic rings. The van der Waals surface area contributed by atoms with Crippen LogP contribution >= 0.6 is 0 Å². The largest absolute Gasteiger partial charge is 0.508 e. The van der Waals surface area contributed by atoms with Gasteiger partial charge in [-0.15, -0.1) is 0 Å². The average Bonchev–Trinajstić information content (AvgIpc) is 2.37. The molecule has 0 radical (unpaired) electrons. The Morgan fingerprint density at radius 2 is 1.89 bits per heavy atom. The molecule has 0 aromatic heterocycles. The van der Waals surface area contributed by atoms with Gasteiger partial charge in [0, 0.05) is 6.54 Å². The van der Waals surface area contributed by atoms with Crippen molar-refractivity contribution in [3.63, 3.8) is 0 Å². The smallest absolute Gasteiger partial charge is 0.254 e. The van der Waals surface area contributed by atoms with Crippen LogP contribution in [0.4, 0.5) is 4.39 Å². The second-order valence-electron chi connectivity index (χ2n) is 4.33. The lowest BCUT2D eigenvalue weighted by atomic mass is 10.1. The zero-order valence-corrected chi connectivity index (χ0v) is 10.5. The van der Waals surface area contributed by atoms with Crippen molar-refractivity contribution in [1.29, 1.82) is 0 Å². The maximum absolute atomic E-state index is 13.6. The maximum atomic E-state index is 13.6. The first-order chi connectivity index (χ1) is 9.06. The highest BCUT2D eigenvalue weighted by Gasteiger charge is 2.10. The summed E-state index contributed by atoms with van der Waals surface area (Å²) in [6, 6.07) is 11.0. The van der Waals surface area contributed by atoms with Gasteiger partial charge in [-0.3, -0.25) is 4.79 Å². The molecule has 0 aliphatic carbocycles. The Morgan fingerprint density at radius 1 is 1.21 bits per heavy atom. The van der Waals surface area contributed by atoms with E-state index in [2.05, 4.69) is 5.32 Å². The number of hydrogen-bond acceptors (Lipinski definition) is 2. The lowest BCUT2D eigenvalue weighted by Crippen LogP contribution is -2.23. The Hall–Kier alpha value is -2.36. The second kappa shape index (κ2) is 5.52. The summed E-state index contributed by atoms with van der Waals surface area (Å²) in [5, 5.41) is 11.8. The van der Waals surface area contributed by atoms with Crippen LogP contribution in [0, 0.1) is 12.7 Å². The lowest BCUT2D eigenvalue weighted by molar-refractivity contribution is 0.0947. The van der Waals surface area contributed by atoms with Crippen molar-refractivity contribution >= 4 is 5.91 Å². The van der Waals surface area contributed by atoms with Gasteiger partial charge in [0.15, 0.2) is 0 Å². The van der Waals surface area contributed by atoms with E-state index in [0.717, 1.165) is 11.1 Å². The number of phenols is 1. The number of nitrogens with one attached hydrogen (secondary N) is 1. The molecule has 0 saturated carbocycles. The molecule has 0 saturated heterocycles. The van der Waals surface area contributed by atoms with Crippen LogP contribution in [0.15, 0.2) is 42.5 Å². The Morgan fingerprint density at radius 3 is 2.53 bits per heavy atom. The van der Waals surface area contributed by atoms with Crippen LogP contribution in [0.1, 0.15) is 21.5 Å². The normalized spacial score (nSPS) is 10.2. The fourth-order valence-electron chi connectivity index (χ4n) is 1.70. The highest BCUT2D eigenvalue weighted by atomic mass is 19.1. The van der Waals surface area contributed by atoms with Crippen molar-refractivity contribution in [2.24, 2.45) is 0 Å². The fourth-order valence-corrected chi connectivity index (χ4v) is 1.70. The van der Waals surface area contributed by atoms with Gasteiger partial charge in [-0.05, 0) is 42.3 Å². The fraction of sp³-hybridized carbons (Fsp3) is 0.133. The third-order valence-corrected chi connectivity index (χ3v) is 2.76. The summed E-state index contributed by atoms with van der Waals surface area (Å²) in [6.07, 6.45) is 0. The number of halogens is 1. The molecule has 0 aliphatic rings. The standard InChI is InChI=1S/C15H14FNO2/c1-10-2-7-13(14(16)8-10)15(19)17-9-11-3-5-12(18)6-4-11/h2-8,18H,9H2,1H3,(H,17,19). The highest BCUT2D eigenvalue weighted by molar-refractivity contribution is 5.94. The van der Waals surface area contributed by atoms with Crippen LogP contribution in [-0.4, -0.2) is 11.0 Å². The molecule has 0 bridgehead atoms. The highest BCUT2D eigenvalue weighted by Crippen LogP contribution is 2.11. The molecule has 0 fully saturated rings. The molecule has 4 heteroatoms. The minimum Gasteiger partial charge on any atom is -0.508 e. The predicted octanol–water partition coefficient (Wildman–Crippen LogP) is 2.77. The van der Waals surface area contributed by atoms with E-state index in [9.17, 15) is 9.18 Å². The van der Waals surface area contributed by atoms with Gasteiger partial charge in [0.05, 0.1) is 5.56 Å². The van der Waals surface area contributed by atoms with Crippen molar-refractivity contribution in [1.82, 2.24) is 5.32 Å². The van der Waals surface area contributed by atoms with Crippen molar-refractivity contribution in [3.8, 4) is 5.75 Å². The summed E-state index contributed by atoms with van der Waals surface area (Å²) < 4.78 is 13.6. The number of aryl methyl sites for hydroxylation is 1. The number of carbonyl (C=O) groups is 1. The molecule has 0 unspecified atom stereocenters. The van der Waals surface area contributed by atoms with Crippen LogP contribution in [0.25, 0.3) is 0 Å². The molecular weight excluding hydrogens is 245 g/mol. The predicted molar refractivity (Wildman–Crippen MR) is 70.4 cm³/mol. The zero-order valence-electron chi connectivity index (χ0n) is 10.5. The summed E-state index contributed by atoms with van der Waals surface area (Å²) in [7, 11) is 0. The molecule has 0 heterocycles. The molecule has 98 valence electrons. The number of phenolic OH excluding ortho intramolecular Hbond substituents is 1. The van der Waals surface area contributed by atoms with Crippen molar-refractivity contribution in [2.75, 3.05) is 0 Å². The quantitative estimate of drug-likeness (QED) is 0.890. The summed E-state index contributed by atoms with van der Waals surface area (Å²) in [4.78, 5) is 11.8. The van der Waals surface area contributed by atoms with Gasteiger partial charge in [-0.25, -0.2) is 4.39 Å². The Kier molecular flexibility index (Phi) is 3.80. The average molecular weight is 259 g/mol. The van der Waals surface area contributed by atoms with E-state index >= 15 is 0 Å². The second-order valence-corrected chi connectivity index (χ2v) is 4.33. The number of rotatable bonds is 3. The number of benzene rings is 2. The molecule has 0 atom stereocenters. The Bertz CT molecular complexity index is 594. The molecule has 3 nitrogen and oxygen atoms in total. The van der Waals surface area contributed by atoms with Crippen LogP contribution in [-0.2, 0) is 6.54 Å². The number of hydrogen-bond donors (Lipinski definition) is 2. The molecule has 0 spiro atoms. The molecule has 1 amide bonds. The maximum Gasteiger partial charge on any atom is 0.254 e. The summed E-state index contributed by atoms with van der Waals surface area (Å²) in [6.45, 7) is 2.05. The first-order valence-electron chi connectivity index (χ1n) is 5.88. The van der Waals surface area contributed by atoms with Crippen LogP contribution < -0.4 is 5.32 Å². The van der Waals surface area contributed by atoms with Gasteiger partial charge >= 0.3 is 0 Å². The first kappa shape index (κ1) is 13.1.